The fraction of sp³-hybridized carbons (Fsp3) is 0.258. The van der Waals surface area contributed by atoms with E-state index in [9.17, 15) is 4.79 Å². The third-order valence-corrected chi connectivity index (χ3v) is 7.54. The van der Waals surface area contributed by atoms with Crippen molar-refractivity contribution in [2.75, 3.05) is 20.3 Å². The number of H-pyrrole nitrogens is 1. The van der Waals surface area contributed by atoms with Gasteiger partial charge in [-0.15, -0.1) is 0 Å². The van der Waals surface area contributed by atoms with E-state index in [-0.39, 0.29) is 0 Å². The number of halogens is 1. The molecule has 1 atom stereocenters. The van der Waals surface area contributed by atoms with Crippen LogP contribution in [0.25, 0.3) is 10.9 Å². The minimum Gasteiger partial charge on any atom is -0.493 e. The van der Waals surface area contributed by atoms with Crippen molar-refractivity contribution in [1.29, 1.82) is 0 Å². The van der Waals surface area contributed by atoms with Crippen LogP contribution in [0.15, 0.2) is 73.3 Å². The summed E-state index contributed by atoms with van der Waals surface area (Å²) < 4.78 is 19.4. The van der Waals surface area contributed by atoms with Crippen molar-refractivity contribution in [1.82, 2.24) is 24.6 Å². The highest BCUT2D eigenvalue weighted by atomic mass is 35.5. The lowest BCUT2D eigenvalue weighted by molar-refractivity contribution is 0.135. The van der Waals surface area contributed by atoms with Gasteiger partial charge < -0.3 is 19.2 Å². The molecular weight excluding hydrogens is 542 g/mol. The molecule has 0 saturated carbocycles. The Bertz CT molecular complexity index is 1670. The standard InChI is InChI=1S/C31H30ClN5O4/c1-20-4-8-23(9-5-20)41-31(38)37-14-12-24-25-17-22(32)7-10-26(25)35-29(24)30(37)21-6-11-27(28(16-21)39-2)40-15-3-13-36-19-33-18-34-36/h4-11,16-19,30,35H,3,12-15H2,1-2H3. The Morgan fingerprint density at radius 3 is 2.73 bits per heavy atom. The average molecular weight is 572 g/mol. The van der Waals surface area contributed by atoms with E-state index < -0.39 is 12.1 Å². The SMILES string of the molecule is COc1cc(C2c3[nH]c4ccc(Cl)cc4c3CCN2C(=O)Oc2ccc(C)cc2)ccc1OCCCn1cncn1. The molecule has 9 nitrogen and oxygen atoms in total. The quantitative estimate of drug-likeness (QED) is 0.218. The maximum Gasteiger partial charge on any atom is 0.416 e. The summed E-state index contributed by atoms with van der Waals surface area (Å²) in [6.07, 6.45) is 4.20. The van der Waals surface area contributed by atoms with E-state index in [1.54, 1.807) is 35.2 Å². The number of amides is 1. The number of ether oxygens (including phenoxy) is 3. The zero-order valence-electron chi connectivity index (χ0n) is 22.8. The number of nitrogens with one attached hydrogen (secondary N) is 1. The monoisotopic (exact) mass is 571 g/mol. The molecule has 1 unspecified atom stereocenters. The predicted octanol–water partition coefficient (Wildman–Crippen LogP) is 6.35. The van der Waals surface area contributed by atoms with Gasteiger partial charge in [0.2, 0.25) is 0 Å². The van der Waals surface area contributed by atoms with E-state index in [2.05, 4.69) is 15.1 Å². The summed E-state index contributed by atoms with van der Waals surface area (Å²) in [7, 11) is 1.61. The fourth-order valence-corrected chi connectivity index (χ4v) is 5.47. The first-order valence-corrected chi connectivity index (χ1v) is 13.9. The van der Waals surface area contributed by atoms with Crippen molar-refractivity contribution in [3.8, 4) is 17.2 Å². The van der Waals surface area contributed by atoms with Gasteiger partial charge in [0.05, 0.1) is 13.7 Å². The number of carbonyl (C=O) groups excluding carboxylic acids is 1. The molecule has 1 amide bonds. The third-order valence-electron chi connectivity index (χ3n) is 7.31. The molecule has 41 heavy (non-hydrogen) atoms. The highest BCUT2D eigenvalue weighted by Gasteiger charge is 2.36. The van der Waals surface area contributed by atoms with Gasteiger partial charge in [-0.2, -0.15) is 5.10 Å². The van der Waals surface area contributed by atoms with E-state index in [0.29, 0.717) is 48.4 Å². The number of rotatable bonds is 8. The van der Waals surface area contributed by atoms with Crippen LogP contribution >= 0.6 is 11.6 Å². The van der Waals surface area contributed by atoms with E-state index in [1.807, 2.05) is 55.5 Å². The minimum atomic E-state index is -0.432. The van der Waals surface area contributed by atoms with Gasteiger partial charge in [-0.1, -0.05) is 35.4 Å². The smallest absolute Gasteiger partial charge is 0.416 e. The van der Waals surface area contributed by atoms with Gasteiger partial charge >= 0.3 is 6.09 Å². The molecule has 3 aromatic carbocycles. The molecule has 6 rings (SSSR count). The molecule has 10 heteroatoms. The first kappa shape index (κ1) is 26.7. The lowest BCUT2D eigenvalue weighted by Gasteiger charge is -2.35. The number of hydrogen-bond acceptors (Lipinski definition) is 6. The van der Waals surface area contributed by atoms with E-state index in [4.69, 9.17) is 25.8 Å². The van der Waals surface area contributed by atoms with Crippen LogP contribution in [0.1, 0.15) is 34.8 Å². The highest BCUT2D eigenvalue weighted by Crippen LogP contribution is 2.41. The Hall–Kier alpha value is -4.50. The average Bonchev–Trinajstić information content (AvgIpc) is 3.64. The number of aromatic nitrogens is 4. The molecule has 0 fully saturated rings. The van der Waals surface area contributed by atoms with Crippen LogP contribution in [0.3, 0.4) is 0 Å². The number of nitrogens with zero attached hydrogens (tertiary/aromatic N) is 4. The number of aryl methyl sites for hydroxylation is 2. The third kappa shape index (κ3) is 5.58. The van der Waals surface area contributed by atoms with Crippen molar-refractivity contribution in [3.05, 3.63) is 101 Å². The molecule has 0 aliphatic carbocycles. The predicted molar refractivity (Wildman–Crippen MR) is 156 cm³/mol. The molecule has 0 spiro atoms. The Labute approximate surface area is 242 Å². The Kier molecular flexibility index (Phi) is 7.52. The molecule has 0 saturated heterocycles. The zero-order chi connectivity index (χ0) is 28.3. The Morgan fingerprint density at radius 2 is 1.95 bits per heavy atom. The Balaban J connectivity index is 1.31. The second-order valence-corrected chi connectivity index (χ2v) is 10.4. The fourth-order valence-electron chi connectivity index (χ4n) is 5.30. The van der Waals surface area contributed by atoms with Gasteiger partial charge in [-0.25, -0.2) is 9.78 Å². The summed E-state index contributed by atoms with van der Waals surface area (Å²) in [5, 5.41) is 5.85. The van der Waals surface area contributed by atoms with Gasteiger partial charge in [-0.05, 0) is 66.9 Å². The molecule has 210 valence electrons. The topological polar surface area (TPSA) is 94.5 Å². The van der Waals surface area contributed by atoms with E-state index >= 15 is 0 Å². The van der Waals surface area contributed by atoms with E-state index in [0.717, 1.165) is 39.7 Å². The molecule has 2 aromatic heterocycles. The summed E-state index contributed by atoms with van der Waals surface area (Å²) in [6.45, 7) is 3.66. The maximum atomic E-state index is 13.6. The number of fused-ring (bicyclic) bond motifs is 3. The molecule has 5 aromatic rings. The number of methoxy groups -OCH3 is 1. The summed E-state index contributed by atoms with van der Waals surface area (Å²) in [6, 6.07) is 18.6. The first-order valence-electron chi connectivity index (χ1n) is 13.5. The van der Waals surface area contributed by atoms with Gasteiger partial charge in [0.25, 0.3) is 0 Å². The van der Waals surface area contributed by atoms with Gasteiger partial charge in [0.15, 0.2) is 11.5 Å². The first-order chi connectivity index (χ1) is 20.0. The molecule has 0 radical (unpaired) electrons. The number of hydrogen-bond donors (Lipinski definition) is 1. The number of aromatic amines is 1. The summed E-state index contributed by atoms with van der Waals surface area (Å²) >= 11 is 6.35. The minimum absolute atomic E-state index is 0.423. The van der Waals surface area contributed by atoms with Crippen LogP contribution in [0.5, 0.6) is 17.2 Å². The van der Waals surface area contributed by atoms with Crippen molar-refractivity contribution in [2.45, 2.75) is 32.4 Å². The lowest BCUT2D eigenvalue weighted by atomic mass is 9.92. The summed E-state index contributed by atoms with van der Waals surface area (Å²) in [5.41, 5.74) is 5.00. The van der Waals surface area contributed by atoms with Crippen molar-refractivity contribution >= 4 is 28.6 Å². The molecule has 3 heterocycles. The van der Waals surface area contributed by atoms with E-state index in [1.165, 1.54) is 6.33 Å². The summed E-state index contributed by atoms with van der Waals surface area (Å²) in [4.78, 5) is 22.9. The molecular formula is C31H30ClN5O4. The second kappa shape index (κ2) is 11.5. The van der Waals surface area contributed by atoms with Gasteiger partial charge in [0, 0.05) is 41.1 Å². The molecule has 1 N–H and O–H groups in total. The van der Waals surface area contributed by atoms with Crippen molar-refractivity contribution < 1.29 is 19.0 Å². The number of benzene rings is 3. The van der Waals surface area contributed by atoms with Crippen LogP contribution in [0.4, 0.5) is 4.79 Å². The van der Waals surface area contributed by atoms with Crippen LogP contribution in [0.2, 0.25) is 5.02 Å². The van der Waals surface area contributed by atoms with Crippen LogP contribution < -0.4 is 14.2 Å². The largest absolute Gasteiger partial charge is 0.493 e. The van der Waals surface area contributed by atoms with Crippen LogP contribution in [0, 0.1) is 6.92 Å². The summed E-state index contributed by atoms with van der Waals surface area (Å²) in [5.74, 6) is 1.71. The maximum absolute atomic E-state index is 13.6. The van der Waals surface area contributed by atoms with Crippen molar-refractivity contribution in [3.63, 3.8) is 0 Å². The van der Waals surface area contributed by atoms with Crippen molar-refractivity contribution in [2.24, 2.45) is 0 Å². The van der Waals surface area contributed by atoms with Gasteiger partial charge in [-0.3, -0.25) is 9.58 Å². The second-order valence-electron chi connectivity index (χ2n) is 10.0. The number of carbonyl (C=O) groups is 1. The van der Waals surface area contributed by atoms with Gasteiger partial charge in [0.1, 0.15) is 24.4 Å². The normalized spacial score (nSPS) is 14.6. The molecule has 0 bridgehead atoms. The zero-order valence-corrected chi connectivity index (χ0v) is 23.6. The molecule has 1 aliphatic rings. The molecule has 1 aliphatic heterocycles. The lowest BCUT2D eigenvalue weighted by Crippen LogP contribution is -2.42. The van der Waals surface area contributed by atoms with Crippen LogP contribution in [-0.4, -0.2) is 51.0 Å². The van der Waals surface area contributed by atoms with Crippen LogP contribution in [-0.2, 0) is 13.0 Å². The highest BCUT2D eigenvalue weighted by molar-refractivity contribution is 6.31. The Morgan fingerprint density at radius 1 is 1.10 bits per heavy atom.